The molecule has 1 aromatic rings. The summed E-state index contributed by atoms with van der Waals surface area (Å²) in [6.07, 6.45) is 0. The van der Waals surface area contributed by atoms with Crippen molar-refractivity contribution in [3.05, 3.63) is 34.1 Å². The van der Waals surface area contributed by atoms with Crippen LogP contribution in [0.2, 0.25) is 0 Å². The van der Waals surface area contributed by atoms with E-state index in [2.05, 4.69) is 21.2 Å². The Morgan fingerprint density at radius 3 is 2.67 bits per heavy atom. The maximum absolute atomic E-state index is 12.8. The van der Waals surface area contributed by atoms with Crippen molar-refractivity contribution in [3.8, 4) is 0 Å². The molecule has 2 nitrogen and oxygen atoms in total. The van der Waals surface area contributed by atoms with Crippen LogP contribution in [-0.2, 0) is 0 Å². The molecule has 0 aliphatic carbocycles. The first-order valence-electron chi connectivity index (χ1n) is 4.86. The first-order valence-corrected chi connectivity index (χ1v) is 5.65. The van der Waals surface area contributed by atoms with Gasteiger partial charge in [-0.3, -0.25) is 0 Å². The monoisotopic (exact) mass is 275 g/mol. The normalized spacial score (nSPS) is 15.0. The van der Waals surface area contributed by atoms with Gasteiger partial charge in [-0.25, -0.2) is 4.39 Å². The maximum Gasteiger partial charge on any atom is 0.124 e. The van der Waals surface area contributed by atoms with Gasteiger partial charge in [0.1, 0.15) is 5.82 Å². The molecule has 0 radical (unpaired) electrons. The third-order valence-corrected chi connectivity index (χ3v) is 2.92. The van der Waals surface area contributed by atoms with Crippen molar-refractivity contribution >= 4 is 15.9 Å². The lowest BCUT2D eigenvalue weighted by Crippen LogP contribution is -2.31. The average Bonchev–Trinajstić information content (AvgIpc) is 2.17. The largest absolute Gasteiger partial charge is 0.395 e. The van der Waals surface area contributed by atoms with Gasteiger partial charge in [0.15, 0.2) is 0 Å². The average molecular weight is 276 g/mol. The highest BCUT2D eigenvalue weighted by atomic mass is 79.9. The minimum absolute atomic E-state index is 0.0250. The van der Waals surface area contributed by atoms with E-state index >= 15 is 0 Å². The van der Waals surface area contributed by atoms with Gasteiger partial charge in [0.2, 0.25) is 0 Å². The van der Waals surface area contributed by atoms with Crippen molar-refractivity contribution in [2.24, 2.45) is 0 Å². The van der Waals surface area contributed by atoms with Gasteiger partial charge >= 0.3 is 0 Å². The molecular formula is C11H15BrFNO. The molecule has 0 aliphatic rings. The van der Waals surface area contributed by atoms with Crippen LogP contribution in [-0.4, -0.2) is 17.8 Å². The Bertz CT molecular complexity index is 332. The fraction of sp³-hybridized carbons (Fsp3) is 0.455. The zero-order valence-electron chi connectivity index (χ0n) is 8.80. The minimum Gasteiger partial charge on any atom is -0.395 e. The zero-order chi connectivity index (χ0) is 11.4. The quantitative estimate of drug-likeness (QED) is 0.886. The summed E-state index contributed by atoms with van der Waals surface area (Å²) >= 11 is 3.32. The first kappa shape index (κ1) is 12.6. The van der Waals surface area contributed by atoms with E-state index in [1.165, 1.54) is 12.1 Å². The third kappa shape index (κ3) is 3.55. The Hall–Kier alpha value is -0.450. The molecule has 2 atom stereocenters. The van der Waals surface area contributed by atoms with E-state index in [1.807, 2.05) is 13.8 Å². The van der Waals surface area contributed by atoms with E-state index in [0.29, 0.717) is 0 Å². The van der Waals surface area contributed by atoms with Gasteiger partial charge in [-0.2, -0.15) is 0 Å². The SMILES string of the molecule is CC(N[C@H](C)CO)c1ccc(F)cc1Br. The number of hydrogen-bond acceptors (Lipinski definition) is 2. The highest BCUT2D eigenvalue weighted by molar-refractivity contribution is 9.10. The van der Waals surface area contributed by atoms with E-state index in [1.54, 1.807) is 6.07 Å². The molecule has 2 N–H and O–H groups in total. The molecule has 0 amide bonds. The molecule has 0 aromatic heterocycles. The number of aliphatic hydroxyl groups excluding tert-OH is 1. The summed E-state index contributed by atoms with van der Waals surface area (Å²) in [7, 11) is 0. The van der Waals surface area contributed by atoms with Crippen LogP contribution in [0, 0.1) is 5.82 Å². The van der Waals surface area contributed by atoms with Gasteiger partial charge in [0.05, 0.1) is 6.61 Å². The van der Waals surface area contributed by atoms with Crippen LogP contribution in [0.3, 0.4) is 0 Å². The van der Waals surface area contributed by atoms with Crippen LogP contribution in [0.15, 0.2) is 22.7 Å². The summed E-state index contributed by atoms with van der Waals surface area (Å²) in [5, 5.41) is 12.1. The summed E-state index contributed by atoms with van der Waals surface area (Å²) in [5.74, 6) is -0.256. The smallest absolute Gasteiger partial charge is 0.124 e. The maximum atomic E-state index is 12.8. The number of benzene rings is 1. The van der Waals surface area contributed by atoms with Crippen LogP contribution in [0.1, 0.15) is 25.5 Å². The standard InChI is InChI=1S/C11H15BrFNO/c1-7(6-15)14-8(2)10-4-3-9(13)5-11(10)12/h3-5,7-8,14-15H,6H2,1-2H3/t7-,8?/m1/s1. The molecule has 84 valence electrons. The highest BCUT2D eigenvalue weighted by Gasteiger charge is 2.11. The van der Waals surface area contributed by atoms with Crippen molar-refractivity contribution < 1.29 is 9.50 Å². The number of aliphatic hydroxyl groups is 1. The summed E-state index contributed by atoms with van der Waals surface area (Å²) in [6.45, 7) is 3.96. The topological polar surface area (TPSA) is 32.3 Å². The molecule has 15 heavy (non-hydrogen) atoms. The molecule has 4 heteroatoms. The van der Waals surface area contributed by atoms with Gasteiger partial charge in [-0.15, -0.1) is 0 Å². The fourth-order valence-corrected chi connectivity index (χ4v) is 2.12. The lowest BCUT2D eigenvalue weighted by atomic mass is 10.1. The molecular weight excluding hydrogens is 261 g/mol. The molecule has 1 rings (SSSR count). The molecule has 1 aromatic carbocycles. The van der Waals surface area contributed by atoms with Gasteiger partial charge in [0, 0.05) is 16.6 Å². The Kier molecular flexibility index (Phi) is 4.70. The van der Waals surface area contributed by atoms with Gasteiger partial charge in [0.25, 0.3) is 0 Å². The van der Waals surface area contributed by atoms with Crippen molar-refractivity contribution in [2.45, 2.75) is 25.9 Å². The zero-order valence-corrected chi connectivity index (χ0v) is 10.4. The second-order valence-corrected chi connectivity index (χ2v) is 4.49. The van der Waals surface area contributed by atoms with E-state index < -0.39 is 0 Å². The van der Waals surface area contributed by atoms with E-state index in [9.17, 15) is 4.39 Å². The summed E-state index contributed by atoms with van der Waals surface area (Å²) < 4.78 is 13.6. The van der Waals surface area contributed by atoms with Crippen LogP contribution >= 0.6 is 15.9 Å². The molecule has 0 fully saturated rings. The molecule has 0 heterocycles. The Labute approximate surface area is 97.6 Å². The van der Waals surface area contributed by atoms with Crippen LogP contribution in [0.4, 0.5) is 4.39 Å². The van der Waals surface area contributed by atoms with E-state index in [-0.39, 0.29) is 24.5 Å². The Balaban J connectivity index is 2.77. The van der Waals surface area contributed by atoms with Crippen molar-refractivity contribution in [3.63, 3.8) is 0 Å². The molecule has 0 bridgehead atoms. The van der Waals surface area contributed by atoms with Crippen molar-refractivity contribution in [2.75, 3.05) is 6.61 Å². The van der Waals surface area contributed by atoms with E-state index in [4.69, 9.17) is 5.11 Å². The molecule has 0 saturated carbocycles. The molecule has 0 saturated heterocycles. The van der Waals surface area contributed by atoms with E-state index in [0.717, 1.165) is 10.0 Å². The number of nitrogens with one attached hydrogen (secondary N) is 1. The first-order chi connectivity index (χ1) is 7.04. The summed E-state index contributed by atoms with van der Waals surface area (Å²) in [5.41, 5.74) is 0.983. The van der Waals surface area contributed by atoms with Crippen LogP contribution in [0.5, 0.6) is 0 Å². The van der Waals surface area contributed by atoms with Crippen LogP contribution < -0.4 is 5.32 Å². The molecule has 0 aliphatic heterocycles. The minimum atomic E-state index is -0.256. The molecule has 0 spiro atoms. The number of hydrogen-bond donors (Lipinski definition) is 2. The lowest BCUT2D eigenvalue weighted by molar-refractivity contribution is 0.243. The summed E-state index contributed by atoms with van der Waals surface area (Å²) in [6, 6.07) is 4.71. The second-order valence-electron chi connectivity index (χ2n) is 3.64. The highest BCUT2D eigenvalue weighted by Crippen LogP contribution is 2.24. The predicted molar refractivity (Wildman–Crippen MR) is 62.2 cm³/mol. The summed E-state index contributed by atoms with van der Waals surface area (Å²) in [4.78, 5) is 0. The van der Waals surface area contributed by atoms with Crippen molar-refractivity contribution in [1.29, 1.82) is 0 Å². The Morgan fingerprint density at radius 2 is 2.13 bits per heavy atom. The second kappa shape index (κ2) is 5.58. The number of rotatable bonds is 4. The molecule has 1 unspecified atom stereocenters. The van der Waals surface area contributed by atoms with Gasteiger partial charge < -0.3 is 10.4 Å². The third-order valence-electron chi connectivity index (χ3n) is 2.24. The van der Waals surface area contributed by atoms with Gasteiger partial charge in [-0.1, -0.05) is 22.0 Å². The lowest BCUT2D eigenvalue weighted by Gasteiger charge is -2.19. The fourth-order valence-electron chi connectivity index (χ4n) is 1.42. The van der Waals surface area contributed by atoms with Crippen molar-refractivity contribution in [1.82, 2.24) is 5.32 Å². The van der Waals surface area contributed by atoms with Gasteiger partial charge in [-0.05, 0) is 31.5 Å². The van der Waals surface area contributed by atoms with Crippen LogP contribution in [0.25, 0.3) is 0 Å². The predicted octanol–water partition coefficient (Wildman–Crippen LogP) is 2.62. The Morgan fingerprint density at radius 1 is 1.47 bits per heavy atom. The number of halogens is 2.